The number of rotatable bonds is 6. The molecule has 0 saturated carbocycles. The molecule has 1 aromatic heterocycles. The molecule has 0 spiro atoms. The lowest BCUT2D eigenvalue weighted by Crippen LogP contribution is -2.27. The van der Waals surface area contributed by atoms with Crippen LogP contribution < -0.4 is 0 Å². The molecule has 1 aliphatic heterocycles. The summed E-state index contributed by atoms with van der Waals surface area (Å²) < 4.78 is 34.8. The Balaban J connectivity index is 1.35. The summed E-state index contributed by atoms with van der Waals surface area (Å²) in [6.07, 6.45) is 13.7. The normalized spacial score (nSPS) is 23.6. The number of benzene rings is 1. The summed E-state index contributed by atoms with van der Waals surface area (Å²) in [4.78, 5) is 4.62. The van der Waals surface area contributed by atoms with Gasteiger partial charge < -0.3 is 4.74 Å². The quantitative estimate of drug-likeness (QED) is 0.499. The first-order valence-electron chi connectivity index (χ1n) is 11.5. The predicted molar refractivity (Wildman–Crippen MR) is 121 cm³/mol. The topological polar surface area (TPSA) is 22.1 Å². The van der Waals surface area contributed by atoms with Gasteiger partial charge in [-0.05, 0) is 66.7 Å². The Labute approximate surface area is 184 Å². The van der Waals surface area contributed by atoms with Crippen molar-refractivity contribution in [1.82, 2.24) is 4.98 Å². The second-order valence-electron chi connectivity index (χ2n) is 8.67. The molecule has 0 radical (unpaired) electrons. The van der Waals surface area contributed by atoms with Crippen LogP contribution in [0.3, 0.4) is 0 Å². The van der Waals surface area contributed by atoms with Crippen LogP contribution in [0.5, 0.6) is 0 Å². The largest absolute Gasteiger partial charge is 0.372 e. The van der Waals surface area contributed by atoms with Gasteiger partial charge in [0.25, 0.3) is 0 Å². The third kappa shape index (κ3) is 4.79. The maximum atomic E-state index is 14.5. The van der Waals surface area contributed by atoms with Crippen molar-refractivity contribution in [2.45, 2.75) is 58.5 Å². The molecule has 1 saturated heterocycles. The molecule has 1 aromatic carbocycles. The minimum atomic E-state index is -0.741. The number of pyridine rings is 1. The summed E-state index contributed by atoms with van der Waals surface area (Å²) in [5.74, 6) is -0.657. The highest BCUT2D eigenvalue weighted by Crippen LogP contribution is 2.37. The van der Waals surface area contributed by atoms with E-state index >= 15 is 0 Å². The monoisotopic (exact) mass is 423 g/mol. The van der Waals surface area contributed by atoms with Gasteiger partial charge in [-0.15, -0.1) is 0 Å². The van der Waals surface area contributed by atoms with Gasteiger partial charge in [0.15, 0.2) is 11.6 Å². The van der Waals surface area contributed by atoms with Crippen LogP contribution in [0, 0.1) is 23.5 Å². The van der Waals surface area contributed by atoms with Gasteiger partial charge in [-0.3, -0.25) is 4.98 Å². The van der Waals surface area contributed by atoms with Gasteiger partial charge in [-0.2, -0.15) is 0 Å². The molecule has 0 N–H and O–H groups in total. The van der Waals surface area contributed by atoms with E-state index in [2.05, 4.69) is 30.1 Å². The van der Waals surface area contributed by atoms with Crippen molar-refractivity contribution >= 4 is 5.57 Å². The third-order valence-corrected chi connectivity index (χ3v) is 6.62. The van der Waals surface area contributed by atoms with E-state index in [0.29, 0.717) is 36.0 Å². The summed E-state index contributed by atoms with van der Waals surface area (Å²) in [5, 5.41) is 0. The molecule has 0 bridgehead atoms. The number of nitrogens with zero attached hydrogens (tertiary/aromatic N) is 1. The minimum absolute atomic E-state index is 0.0692. The smallest absolute Gasteiger partial charge is 0.166 e. The summed E-state index contributed by atoms with van der Waals surface area (Å²) in [6.45, 7) is 4.71. The molecular weight excluding hydrogens is 392 g/mol. The lowest BCUT2D eigenvalue weighted by molar-refractivity contribution is -0.0300. The summed E-state index contributed by atoms with van der Waals surface area (Å²) in [7, 11) is 0. The van der Waals surface area contributed by atoms with Crippen LogP contribution in [-0.2, 0) is 17.6 Å². The van der Waals surface area contributed by atoms with Crippen LogP contribution >= 0.6 is 0 Å². The minimum Gasteiger partial charge on any atom is -0.372 e. The predicted octanol–water partition coefficient (Wildman–Crippen LogP) is 7.00. The van der Waals surface area contributed by atoms with Crippen molar-refractivity contribution in [2.75, 3.05) is 6.61 Å². The van der Waals surface area contributed by atoms with E-state index in [9.17, 15) is 8.78 Å². The number of aromatic nitrogens is 1. The molecule has 164 valence electrons. The standard InChI is InChI=1S/C27H31F2NO/c1-3-5-18-6-14-24(30-16-18)25-15-12-22(17-31-25)20-7-9-21(10-8-20)23-13-11-19(4-2)26(28)27(23)29/h6-7,9-11,13-14,16,20,22,25H,3-5,8,12,15,17H2,1-2H3. The number of allylic oxidation sites excluding steroid dienone is 4. The van der Waals surface area contributed by atoms with E-state index in [1.807, 2.05) is 25.3 Å². The molecular formula is C27H31F2NO. The number of hydrogen-bond acceptors (Lipinski definition) is 2. The van der Waals surface area contributed by atoms with Crippen molar-refractivity contribution in [3.63, 3.8) is 0 Å². The fourth-order valence-electron chi connectivity index (χ4n) is 4.68. The number of ether oxygens (including phenoxy) is 1. The van der Waals surface area contributed by atoms with Gasteiger partial charge in [0, 0.05) is 11.8 Å². The average molecular weight is 424 g/mol. The van der Waals surface area contributed by atoms with Crippen LogP contribution in [0.4, 0.5) is 8.78 Å². The average Bonchev–Trinajstić information content (AvgIpc) is 2.82. The molecule has 3 atom stereocenters. The van der Waals surface area contributed by atoms with Crippen molar-refractivity contribution in [3.8, 4) is 0 Å². The Morgan fingerprint density at radius 3 is 2.55 bits per heavy atom. The first kappa shape index (κ1) is 21.9. The van der Waals surface area contributed by atoms with Crippen LogP contribution in [0.25, 0.3) is 5.57 Å². The Bertz CT molecular complexity index is 956. The number of aryl methyl sites for hydroxylation is 2. The molecule has 31 heavy (non-hydrogen) atoms. The highest BCUT2D eigenvalue weighted by atomic mass is 19.2. The Morgan fingerprint density at radius 1 is 1.06 bits per heavy atom. The molecule has 2 heterocycles. The van der Waals surface area contributed by atoms with Crippen LogP contribution in [0.2, 0.25) is 0 Å². The molecule has 1 fully saturated rings. The van der Waals surface area contributed by atoms with E-state index in [-0.39, 0.29) is 6.10 Å². The molecule has 4 rings (SSSR count). The van der Waals surface area contributed by atoms with Crippen LogP contribution in [0.1, 0.15) is 68.0 Å². The molecule has 2 aromatic rings. The second kappa shape index (κ2) is 9.86. The summed E-state index contributed by atoms with van der Waals surface area (Å²) in [6, 6.07) is 7.64. The third-order valence-electron chi connectivity index (χ3n) is 6.62. The Hall–Kier alpha value is -2.33. The zero-order valence-electron chi connectivity index (χ0n) is 18.4. The second-order valence-corrected chi connectivity index (χ2v) is 8.67. The van der Waals surface area contributed by atoms with Crippen LogP contribution in [-0.4, -0.2) is 11.6 Å². The van der Waals surface area contributed by atoms with Crippen LogP contribution in [0.15, 0.2) is 48.7 Å². The van der Waals surface area contributed by atoms with E-state index in [0.717, 1.165) is 43.4 Å². The lowest BCUT2D eigenvalue weighted by Gasteiger charge is -2.33. The van der Waals surface area contributed by atoms with Gasteiger partial charge in [0.05, 0.1) is 18.4 Å². The van der Waals surface area contributed by atoms with Crippen molar-refractivity contribution in [2.24, 2.45) is 11.8 Å². The highest BCUT2D eigenvalue weighted by Gasteiger charge is 2.29. The molecule has 0 amide bonds. The van der Waals surface area contributed by atoms with Gasteiger partial charge >= 0.3 is 0 Å². The number of hydrogen-bond donors (Lipinski definition) is 0. The van der Waals surface area contributed by atoms with E-state index in [1.54, 1.807) is 12.1 Å². The van der Waals surface area contributed by atoms with Gasteiger partial charge in [-0.25, -0.2) is 8.78 Å². The van der Waals surface area contributed by atoms with Gasteiger partial charge in [0.1, 0.15) is 0 Å². The number of halogens is 2. The van der Waals surface area contributed by atoms with Crippen molar-refractivity contribution in [3.05, 3.63) is 82.7 Å². The lowest BCUT2D eigenvalue weighted by atomic mass is 9.80. The van der Waals surface area contributed by atoms with Gasteiger partial charge in [-0.1, -0.05) is 56.7 Å². The molecule has 1 aliphatic carbocycles. The zero-order valence-corrected chi connectivity index (χ0v) is 18.4. The van der Waals surface area contributed by atoms with Crippen molar-refractivity contribution in [1.29, 1.82) is 0 Å². The maximum absolute atomic E-state index is 14.5. The Morgan fingerprint density at radius 2 is 1.94 bits per heavy atom. The maximum Gasteiger partial charge on any atom is 0.166 e. The molecule has 3 unspecified atom stereocenters. The van der Waals surface area contributed by atoms with Gasteiger partial charge in [0.2, 0.25) is 0 Å². The first-order valence-corrected chi connectivity index (χ1v) is 11.5. The fourth-order valence-corrected chi connectivity index (χ4v) is 4.68. The van der Waals surface area contributed by atoms with E-state index in [1.165, 1.54) is 5.56 Å². The first-order chi connectivity index (χ1) is 15.1. The SMILES string of the molecule is CCCc1ccc(C2CCC(C3C=CC(c4ccc(CC)c(F)c4F)=CC3)CO2)nc1. The van der Waals surface area contributed by atoms with Crippen molar-refractivity contribution < 1.29 is 13.5 Å². The highest BCUT2D eigenvalue weighted by molar-refractivity contribution is 5.75. The molecule has 2 aliphatic rings. The Kier molecular flexibility index (Phi) is 6.96. The van der Waals surface area contributed by atoms with E-state index < -0.39 is 11.6 Å². The summed E-state index contributed by atoms with van der Waals surface area (Å²) >= 11 is 0. The van der Waals surface area contributed by atoms with E-state index in [4.69, 9.17) is 4.74 Å². The summed E-state index contributed by atoms with van der Waals surface area (Å²) in [5.41, 5.74) is 3.83. The zero-order chi connectivity index (χ0) is 21.8. The fraction of sp³-hybridized carbons (Fsp3) is 0.444. The molecule has 4 heteroatoms. The molecule has 2 nitrogen and oxygen atoms in total.